The number of hydrogen-bond acceptors (Lipinski definition) is 4. The Balaban J connectivity index is 1.62. The first-order chi connectivity index (χ1) is 10.3. The van der Waals surface area contributed by atoms with Gasteiger partial charge in [0, 0.05) is 44.3 Å². The number of aromatic nitrogens is 2. The number of benzene rings is 1. The topological polar surface area (TPSA) is 62.2 Å². The molecular formula is C15H19N5O. The average Bonchev–Trinajstić information content (AvgIpc) is 3.02. The molecular weight excluding hydrogens is 266 g/mol. The van der Waals surface area contributed by atoms with Crippen LogP contribution in [0.3, 0.4) is 0 Å². The predicted molar refractivity (Wildman–Crippen MR) is 81.5 cm³/mol. The molecule has 1 aromatic heterocycles. The van der Waals surface area contributed by atoms with Crippen LogP contribution in [0.5, 0.6) is 0 Å². The lowest BCUT2D eigenvalue weighted by atomic mass is 10.2. The molecule has 2 heterocycles. The Labute approximate surface area is 123 Å². The van der Waals surface area contributed by atoms with E-state index in [1.165, 1.54) is 0 Å². The Hall–Kier alpha value is -2.18. The van der Waals surface area contributed by atoms with E-state index in [1.807, 2.05) is 36.5 Å². The lowest BCUT2D eigenvalue weighted by molar-refractivity contribution is -0.117. The van der Waals surface area contributed by atoms with Gasteiger partial charge in [0.1, 0.15) is 0 Å². The van der Waals surface area contributed by atoms with Crippen molar-refractivity contribution in [1.29, 1.82) is 0 Å². The smallest absolute Gasteiger partial charge is 0.238 e. The minimum Gasteiger partial charge on any atom is -0.325 e. The molecule has 0 saturated carbocycles. The minimum atomic E-state index is 0.0227. The summed E-state index contributed by atoms with van der Waals surface area (Å²) in [4.78, 5) is 14.2. The zero-order valence-electron chi connectivity index (χ0n) is 11.8. The molecule has 1 aromatic carbocycles. The highest BCUT2D eigenvalue weighted by Crippen LogP contribution is 2.13. The molecule has 0 unspecified atom stereocenters. The second kappa shape index (κ2) is 6.51. The highest BCUT2D eigenvalue weighted by Gasteiger charge is 2.13. The molecule has 1 fully saturated rings. The first-order valence-corrected chi connectivity index (χ1v) is 7.14. The number of nitrogens with one attached hydrogen (secondary N) is 2. The Morgan fingerprint density at radius 1 is 1.29 bits per heavy atom. The molecule has 1 saturated heterocycles. The largest absolute Gasteiger partial charge is 0.325 e. The molecule has 1 amide bonds. The zero-order valence-corrected chi connectivity index (χ0v) is 11.8. The summed E-state index contributed by atoms with van der Waals surface area (Å²) >= 11 is 0. The molecule has 0 radical (unpaired) electrons. The summed E-state index contributed by atoms with van der Waals surface area (Å²) in [6.07, 6.45) is 3.61. The minimum absolute atomic E-state index is 0.0227. The number of nitrogens with zero attached hydrogens (tertiary/aromatic N) is 3. The predicted octanol–water partition coefficient (Wildman–Crippen LogP) is 0.716. The van der Waals surface area contributed by atoms with Gasteiger partial charge in [-0.25, -0.2) is 4.68 Å². The van der Waals surface area contributed by atoms with Crippen LogP contribution >= 0.6 is 0 Å². The third-order valence-corrected chi connectivity index (χ3v) is 3.48. The van der Waals surface area contributed by atoms with Crippen molar-refractivity contribution < 1.29 is 4.79 Å². The second-order valence-corrected chi connectivity index (χ2v) is 5.08. The summed E-state index contributed by atoms with van der Waals surface area (Å²) in [6, 6.07) is 9.55. The molecule has 6 heteroatoms. The molecule has 21 heavy (non-hydrogen) atoms. The quantitative estimate of drug-likeness (QED) is 0.869. The average molecular weight is 285 g/mol. The van der Waals surface area contributed by atoms with Crippen molar-refractivity contribution in [1.82, 2.24) is 20.0 Å². The van der Waals surface area contributed by atoms with Crippen LogP contribution in [-0.4, -0.2) is 53.3 Å². The lowest BCUT2D eigenvalue weighted by Gasteiger charge is -2.26. The van der Waals surface area contributed by atoms with E-state index in [9.17, 15) is 4.79 Å². The number of hydrogen-bond donors (Lipinski definition) is 2. The first-order valence-electron chi connectivity index (χ1n) is 7.14. The Morgan fingerprint density at radius 2 is 2.14 bits per heavy atom. The van der Waals surface area contributed by atoms with Crippen LogP contribution in [-0.2, 0) is 4.79 Å². The molecule has 0 bridgehead atoms. The van der Waals surface area contributed by atoms with Crippen molar-refractivity contribution >= 4 is 11.6 Å². The number of carbonyl (C=O) groups excluding carboxylic acids is 1. The summed E-state index contributed by atoms with van der Waals surface area (Å²) in [7, 11) is 0. The SMILES string of the molecule is O=C(CN1CCNCC1)Nc1cccc(-n2cccn2)c1. The summed E-state index contributed by atoms with van der Waals surface area (Å²) in [5, 5.41) is 10.4. The number of amides is 1. The van der Waals surface area contributed by atoms with Gasteiger partial charge in [0.05, 0.1) is 12.2 Å². The fraction of sp³-hybridized carbons (Fsp3) is 0.333. The Kier molecular flexibility index (Phi) is 4.28. The standard InChI is InChI=1S/C15H19N5O/c21-15(12-19-9-6-16-7-10-19)18-13-3-1-4-14(11-13)20-8-2-5-17-20/h1-5,8,11,16H,6-7,9-10,12H2,(H,18,21). The van der Waals surface area contributed by atoms with Crippen molar-refractivity contribution in [3.8, 4) is 5.69 Å². The maximum absolute atomic E-state index is 12.1. The van der Waals surface area contributed by atoms with Crippen molar-refractivity contribution in [2.75, 3.05) is 38.0 Å². The van der Waals surface area contributed by atoms with Crippen LogP contribution in [0.4, 0.5) is 5.69 Å². The van der Waals surface area contributed by atoms with Gasteiger partial charge in [0.25, 0.3) is 0 Å². The van der Waals surface area contributed by atoms with Crippen LogP contribution in [0.2, 0.25) is 0 Å². The van der Waals surface area contributed by atoms with E-state index in [0.717, 1.165) is 37.6 Å². The molecule has 6 nitrogen and oxygen atoms in total. The summed E-state index contributed by atoms with van der Waals surface area (Å²) in [5.41, 5.74) is 1.73. The van der Waals surface area contributed by atoms with Crippen molar-refractivity contribution in [2.24, 2.45) is 0 Å². The van der Waals surface area contributed by atoms with E-state index < -0.39 is 0 Å². The van der Waals surface area contributed by atoms with Gasteiger partial charge in [-0.3, -0.25) is 9.69 Å². The van der Waals surface area contributed by atoms with Crippen LogP contribution in [0.1, 0.15) is 0 Å². The van der Waals surface area contributed by atoms with E-state index >= 15 is 0 Å². The van der Waals surface area contributed by atoms with E-state index in [0.29, 0.717) is 6.54 Å². The summed E-state index contributed by atoms with van der Waals surface area (Å²) < 4.78 is 1.77. The highest BCUT2D eigenvalue weighted by atomic mass is 16.2. The zero-order chi connectivity index (χ0) is 14.5. The molecule has 0 atom stereocenters. The maximum Gasteiger partial charge on any atom is 0.238 e. The number of anilines is 1. The number of carbonyl (C=O) groups is 1. The fourth-order valence-corrected chi connectivity index (χ4v) is 2.42. The first kappa shape index (κ1) is 13.8. The van der Waals surface area contributed by atoms with E-state index in [-0.39, 0.29) is 5.91 Å². The monoisotopic (exact) mass is 285 g/mol. The molecule has 1 aliphatic heterocycles. The summed E-state index contributed by atoms with van der Waals surface area (Å²) in [5.74, 6) is 0.0227. The van der Waals surface area contributed by atoms with E-state index in [2.05, 4.69) is 20.6 Å². The lowest BCUT2D eigenvalue weighted by Crippen LogP contribution is -2.46. The van der Waals surface area contributed by atoms with Crippen LogP contribution in [0, 0.1) is 0 Å². The molecule has 2 aromatic rings. The summed E-state index contributed by atoms with van der Waals surface area (Å²) in [6.45, 7) is 4.17. The fourth-order valence-electron chi connectivity index (χ4n) is 2.42. The molecule has 0 aliphatic carbocycles. The van der Waals surface area contributed by atoms with E-state index in [1.54, 1.807) is 10.9 Å². The van der Waals surface area contributed by atoms with Gasteiger partial charge in [-0.1, -0.05) is 6.07 Å². The van der Waals surface area contributed by atoms with Crippen molar-refractivity contribution in [3.05, 3.63) is 42.7 Å². The molecule has 2 N–H and O–H groups in total. The highest BCUT2D eigenvalue weighted by molar-refractivity contribution is 5.92. The van der Waals surface area contributed by atoms with Gasteiger partial charge >= 0.3 is 0 Å². The van der Waals surface area contributed by atoms with Crippen LogP contribution in [0.25, 0.3) is 5.69 Å². The Morgan fingerprint density at radius 3 is 2.90 bits per heavy atom. The third-order valence-electron chi connectivity index (χ3n) is 3.48. The number of rotatable bonds is 4. The third kappa shape index (κ3) is 3.68. The van der Waals surface area contributed by atoms with Crippen molar-refractivity contribution in [2.45, 2.75) is 0 Å². The van der Waals surface area contributed by atoms with Gasteiger partial charge in [0.15, 0.2) is 0 Å². The molecule has 1 aliphatic rings. The van der Waals surface area contributed by atoms with Gasteiger partial charge in [-0.2, -0.15) is 5.10 Å². The number of piperazine rings is 1. The second-order valence-electron chi connectivity index (χ2n) is 5.08. The molecule has 0 spiro atoms. The van der Waals surface area contributed by atoms with Gasteiger partial charge in [-0.15, -0.1) is 0 Å². The van der Waals surface area contributed by atoms with Gasteiger partial charge in [0.2, 0.25) is 5.91 Å². The maximum atomic E-state index is 12.1. The molecule has 110 valence electrons. The van der Waals surface area contributed by atoms with Crippen LogP contribution in [0.15, 0.2) is 42.7 Å². The van der Waals surface area contributed by atoms with E-state index in [4.69, 9.17) is 0 Å². The van der Waals surface area contributed by atoms with Gasteiger partial charge < -0.3 is 10.6 Å². The van der Waals surface area contributed by atoms with Gasteiger partial charge in [-0.05, 0) is 24.3 Å². The van der Waals surface area contributed by atoms with Crippen LogP contribution < -0.4 is 10.6 Å². The molecule has 3 rings (SSSR count). The Bertz CT molecular complexity index is 590. The van der Waals surface area contributed by atoms with Crippen molar-refractivity contribution in [3.63, 3.8) is 0 Å². The normalized spacial score (nSPS) is 15.8.